The van der Waals surface area contributed by atoms with Crippen molar-refractivity contribution in [1.82, 2.24) is 10.6 Å². The zero-order valence-electron chi connectivity index (χ0n) is 13.8. The van der Waals surface area contributed by atoms with Crippen molar-refractivity contribution in [2.24, 2.45) is 4.99 Å². The summed E-state index contributed by atoms with van der Waals surface area (Å²) in [7, 11) is 0. The lowest BCUT2D eigenvalue weighted by Gasteiger charge is -2.11. The van der Waals surface area contributed by atoms with Crippen LogP contribution >= 0.6 is 11.8 Å². The molecule has 0 spiro atoms. The normalized spacial score (nSPS) is 11.1. The molecule has 0 saturated carbocycles. The van der Waals surface area contributed by atoms with Gasteiger partial charge in [0.2, 0.25) is 5.91 Å². The molecule has 1 rings (SSSR count). The average molecular weight is 338 g/mol. The maximum atomic E-state index is 11.9. The predicted molar refractivity (Wildman–Crippen MR) is 98.3 cm³/mol. The van der Waals surface area contributed by atoms with Crippen molar-refractivity contribution in [3.05, 3.63) is 24.3 Å². The third-order valence-electron chi connectivity index (χ3n) is 2.94. The van der Waals surface area contributed by atoms with E-state index in [4.69, 9.17) is 0 Å². The van der Waals surface area contributed by atoms with Crippen LogP contribution in [0, 0.1) is 0 Å². The Bertz CT molecular complexity index is 491. The van der Waals surface area contributed by atoms with Gasteiger partial charge in [0, 0.05) is 18.8 Å². The highest BCUT2D eigenvalue weighted by Crippen LogP contribution is 2.13. The van der Waals surface area contributed by atoms with E-state index in [1.807, 2.05) is 18.7 Å². The first-order valence-corrected chi connectivity index (χ1v) is 9.15. The molecule has 0 unspecified atom stereocenters. The number of benzene rings is 1. The van der Waals surface area contributed by atoms with Gasteiger partial charge >= 0.3 is 0 Å². The minimum Gasteiger partial charge on any atom is -0.508 e. The molecule has 6 nitrogen and oxygen atoms in total. The molecule has 0 aliphatic carbocycles. The molecule has 7 heteroatoms. The van der Waals surface area contributed by atoms with E-state index < -0.39 is 0 Å². The van der Waals surface area contributed by atoms with Gasteiger partial charge in [-0.2, -0.15) is 11.8 Å². The van der Waals surface area contributed by atoms with Gasteiger partial charge in [0.05, 0.1) is 0 Å². The number of thioether (sulfide) groups is 1. The van der Waals surface area contributed by atoms with E-state index >= 15 is 0 Å². The molecule has 0 bridgehead atoms. The topological polar surface area (TPSA) is 85.8 Å². The molecule has 0 aliphatic rings. The Hall–Kier alpha value is -1.89. The number of carbonyl (C=O) groups is 1. The van der Waals surface area contributed by atoms with Crippen molar-refractivity contribution in [1.29, 1.82) is 0 Å². The standard InChI is InChI=1S/C16H26N4O2S/c1-3-17-16(18-10-4-5-11-23-2)19-12-15(22)20-13-6-8-14(21)9-7-13/h6-9,21H,3-5,10-12H2,1-2H3,(H,20,22)(H2,17,18,19). The number of aromatic hydroxyl groups is 1. The number of nitrogens with one attached hydrogen (secondary N) is 3. The Labute approximate surface area is 142 Å². The molecule has 4 N–H and O–H groups in total. The highest BCUT2D eigenvalue weighted by atomic mass is 32.2. The van der Waals surface area contributed by atoms with Gasteiger partial charge in [0.25, 0.3) is 0 Å². The van der Waals surface area contributed by atoms with E-state index in [1.165, 1.54) is 12.1 Å². The van der Waals surface area contributed by atoms with Gasteiger partial charge in [-0.15, -0.1) is 0 Å². The number of carbonyl (C=O) groups excluding carboxylic acids is 1. The Morgan fingerprint density at radius 2 is 1.96 bits per heavy atom. The van der Waals surface area contributed by atoms with Crippen molar-refractivity contribution in [2.45, 2.75) is 19.8 Å². The van der Waals surface area contributed by atoms with Crippen molar-refractivity contribution in [2.75, 3.05) is 37.0 Å². The molecule has 0 aromatic heterocycles. The molecule has 0 heterocycles. The van der Waals surface area contributed by atoms with Crippen molar-refractivity contribution >= 4 is 29.3 Å². The van der Waals surface area contributed by atoms with Crippen LogP contribution < -0.4 is 16.0 Å². The third-order valence-corrected chi connectivity index (χ3v) is 3.64. The number of anilines is 1. The Kier molecular flexibility index (Phi) is 9.70. The number of amides is 1. The summed E-state index contributed by atoms with van der Waals surface area (Å²) in [6.45, 7) is 3.62. The predicted octanol–water partition coefficient (Wildman–Crippen LogP) is 2.03. The van der Waals surface area contributed by atoms with E-state index in [2.05, 4.69) is 27.2 Å². The summed E-state index contributed by atoms with van der Waals surface area (Å²) in [5.74, 6) is 1.78. The van der Waals surface area contributed by atoms with E-state index in [9.17, 15) is 9.90 Å². The zero-order valence-corrected chi connectivity index (χ0v) is 14.6. The van der Waals surface area contributed by atoms with Crippen LogP contribution in [0.3, 0.4) is 0 Å². The molecule has 0 radical (unpaired) electrons. The first-order valence-electron chi connectivity index (χ1n) is 7.75. The summed E-state index contributed by atoms with van der Waals surface area (Å²) < 4.78 is 0. The minimum atomic E-state index is -0.199. The highest BCUT2D eigenvalue weighted by molar-refractivity contribution is 7.98. The number of unbranched alkanes of at least 4 members (excludes halogenated alkanes) is 1. The second-order valence-corrected chi connectivity index (χ2v) is 5.90. The van der Waals surface area contributed by atoms with Gasteiger partial charge in [-0.25, -0.2) is 4.99 Å². The van der Waals surface area contributed by atoms with Gasteiger partial charge in [0.15, 0.2) is 5.96 Å². The number of aliphatic imine (C=N–C) groups is 1. The molecule has 0 aliphatic heterocycles. The molecule has 1 aromatic carbocycles. The minimum absolute atomic E-state index is 0.0427. The fourth-order valence-corrected chi connectivity index (χ4v) is 2.31. The van der Waals surface area contributed by atoms with Crippen LogP contribution in [0.1, 0.15) is 19.8 Å². The number of phenols is 1. The summed E-state index contributed by atoms with van der Waals surface area (Å²) in [4.78, 5) is 16.2. The Balaban J connectivity index is 2.39. The fourth-order valence-electron chi connectivity index (χ4n) is 1.82. The Morgan fingerprint density at radius 3 is 2.61 bits per heavy atom. The monoisotopic (exact) mass is 338 g/mol. The van der Waals surface area contributed by atoms with Crippen LogP contribution in [0.2, 0.25) is 0 Å². The third kappa shape index (κ3) is 8.97. The molecule has 0 saturated heterocycles. The average Bonchev–Trinajstić information content (AvgIpc) is 2.54. The Morgan fingerprint density at radius 1 is 1.22 bits per heavy atom. The number of guanidine groups is 1. The summed E-state index contributed by atoms with van der Waals surface area (Å²) in [6.07, 6.45) is 4.34. The molecular weight excluding hydrogens is 312 g/mol. The smallest absolute Gasteiger partial charge is 0.246 e. The number of hydrogen-bond acceptors (Lipinski definition) is 4. The summed E-state index contributed by atoms with van der Waals surface area (Å²) >= 11 is 1.84. The quantitative estimate of drug-likeness (QED) is 0.240. The van der Waals surface area contributed by atoms with Crippen LogP contribution in [0.15, 0.2) is 29.3 Å². The van der Waals surface area contributed by atoms with Gasteiger partial charge in [-0.05, 0) is 56.0 Å². The molecule has 1 amide bonds. The fraction of sp³-hybridized carbons (Fsp3) is 0.500. The molecule has 0 atom stereocenters. The van der Waals surface area contributed by atoms with E-state index in [1.54, 1.807) is 12.1 Å². The number of rotatable bonds is 9. The molecular formula is C16H26N4O2S. The lowest BCUT2D eigenvalue weighted by Crippen LogP contribution is -2.38. The van der Waals surface area contributed by atoms with E-state index in [0.717, 1.165) is 31.7 Å². The summed E-state index contributed by atoms with van der Waals surface area (Å²) in [5.41, 5.74) is 0.637. The first-order chi connectivity index (χ1) is 11.2. The maximum Gasteiger partial charge on any atom is 0.246 e. The number of nitrogens with zero attached hydrogens (tertiary/aromatic N) is 1. The van der Waals surface area contributed by atoms with Crippen molar-refractivity contribution in [3.8, 4) is 5.75 Å². The summed E-state index contributed by atoms with van der Waals surface area (Å²) in [5, 5.41) is 18.3. The van der Waals surface area contributed by atoms with E-state index in [-0.39, 0.29) is 18.2 Å². The molecule has 128 valence electrons. The molecule has 0 fully saturated rings. The maximum absolute atomic E-state index is 11.9. The van der Waals surface area contributed by atoms with Crippen LogP contribution in [-0.4, -0.2) is 48.6 Å². The first kappa shape index (κ1) is 19.2. The number of hydrogen-bond donors (Lipinski definition) is 4. The summed E-state index contributed by atoms with van der Waals surface area (Å²) in [6, 6.07) is 6.34. The van der Waals surface area contributed by atoms with Gasteiger partial charge < -0.3 is 21.1 Å². The molecule has 23 heavy (non-hydrogen) atoms. The van der Waals surface area contributed by atoms with Crippen molar-refractivity contribution in [3.63, 3.8) is 0 Å². The van der Waals surface area contributed by atoms with E-state index in [0.29, 0.717) is 11.6 Å². The van der Waals surface area contributed by atoms with Crippen LogP contribution in [0.5, 0.6) is 5.75 Å². The van der Waals surface area contributed by atoms with Crippen molar-refractivity contribution < 1.29 is 9.90 Å². The van der Waals surface area contributed by atoms with Crippen LogP contribution in [0.4, 0.5) is 5.69 Å². The largest absolute Gasteiger partial charge is 0.508 e. The highest BCUT2D eigenvalue weighted by Gasteiger charge is 2.03. The lowest BCUT2D eigenvalue weighted by atomic mass is 10.3. The van der Waals surface area contributed by atoms with Gasteiger partial charge in [-0.1, -0.05) is 0 Å². The second kappa shape index (κ2) is 11.6. The zero-order chi connectivity index (χ0) is 16.9. The van der Waals surface area contributed by atoms with Crippen LogP contribution in [-0.2, 0) is 4.79 Å². The molecule has 1 aromatic rings. The SMILES string of the molecule is CCNC(=NCC(=O)Nc1ccc(O)cc1)NCCCCSC. The van der Waals surface area contributed by atoms with Gasteiger partial charge in [0.1, 0.15) is 12.3 Å². The number of phenolic OH excluding ortho intramolecular Hbond substituents is 1. The van der Waals surface area contributed by atoms with Gasteiger partial charge in [-0.3, -0.25) is 4.79 Å². The van der Waals surface area contributed by atoms with Crippen LogP contribution in [0.25, 0.3) is 0 Å². The lowest BCUT2D eigenvalue weighted by molar-refractivity contribution is -0.114. The second-order valence-electron chi connectivity index (χ2n) is 4.92.